The lowest BCUT2D eigenvalue weighted by molar-refractivity contribution is -0.135. The molecule has 0 radical (unpaired) electrons. The van der Waals surface area contributed by atoms with Crippen molar-refractivity contribution in [2.45, 2.75) is 52.6 Å². The van der Waals surface area contributed by atoms with Crippen molar-refractivity contribution in [2.24, 2.45) is 0 Å². The summed E-state index contributed by atoms with van der Waals surface area (Å²) in [6.45, 7) is 8.95. The van der Waals surface area contributed by atoms with Gasteiger partial charge in [-0.25, -0.2) is 0 Å². The molecule has 2 aromatic rings. The molecule has 0 aliphatic carbocycles. The van der Waals surface area contributed by atoms with E-state index in [2.05, 4.69) is 24.9 Å². The number of aromatic nitrogens is 1. The third-order valence-electron chi connectivity index (χ3n) is 4.43. The van der Waals surface area contributed by atoms with Crippen LogP contribution in [0.1, 0.15) is 51.2 Å². The van der Waals surface area contributed by atoms with E-state index in [0.29, 0.717) is 12.5 Å². The SMILES string of the molecule is CCC(C)c1ccccc1OCC(=O)N(Cc1cccnc1)C(C)C. The smallest absolute Gasteiger partial charge is 0.261 e. The third-order valence-corrected chi connectivity index (χ3v) is 4.43. The van der Waals surface area contributed by atoms with Gasteiger partial charge < -0.3 is 9.64 Å². The highest BCUT2D eigenvalue weighted by atomic mass is 16.5. The Morgan fingerprint density at radius 1 is 1.16 bits per heavy atom. The molecule has 1 atom stereocenters. The van der Waals surface area contributed by atoms with Crippen LogP contribution in [0.2, 0.25) is 0 Å². The summed E-state index contributed by atoms with van der Waals surface area (Å²) in [6, 6.07) is 11.9. The van der Waals surface area contributed by atoms with E-state index >= 15 is 0 Å². The topological polar surface area (TPSA) is 42.4 Å². The molecule has 0 spiro atoms. The molecular weight excluding hydrogens is 312 g/mol. The van der Waals surface area contributed by atoms with Crippen LogP contribution in [0.4, 0.5) is 0 Å². The van der Waals surface area contributed by atoms with Gasteiger partial charge in [0.25, 0.3) is 5.91 Å². The van der Waals surface area contributed by atoms with Gasteiger partial charge in [0.15, 0.2) is 6.61 Å². The number of para-hydroxylation sites is 1. The summed E-state index contributed by atoms with van der Waals surface area (Å²) in [6.07, 6.45) is 4.56. The number of pyridine rings is 1. The Labute approximate surface area is 150 Å². The van der Waals surface area contributed by atoms with Gasteiger partial charge in [-0.2, -0.15) is 0 Å². The van der Waals surface area contributed by atoms with Crippen molar-refractivity contribution in [1.29, 1.82) is 0 Å². The standard InChI is InChI=1S/C21H28N2O2/c1-5-17(4)19-10-6-7-11-20(19)25-15-21(24)23(16(2)3)14-18-9-8-12-22-13-18/h6-13,16-17H,5,14-15H2,1-4H3. The Morgan fingerprint density at radius 2 is 1.92 bits per heavy atom. The van der Waals surface area contributed by atoms with Crippen molar-refractivity contribution < 1.29 is 9.53 Å². The quantitative estimate of drug-likeness (QED) is 0.715. The van der Waals surface area contributed by atoms with E-state index in [9.17, 15) is 4.79 Å². The molecule has 1 aromatic carbocycles. The molecule has 0 bridgehead atoms. The van der Waals surface area contributed by atoms with Gasteiger partial charge >= 0.3 is 0 Å². The number of carbonyl (C=O) groups is 1. The maximum atomic E-state index is 12.7. The molecule has 2 rings (SSSR count). The Balaban J connectivity index is 2.05. The second-order valence-corrected chi connectivity index (χ2v) is 6.61. The van der Waals surface area contributed by atoms with Crippen molar-refractivity contribution in [3.63, 3.8) is 0 Å². The Bertz CT molecular complexity index is 671. The van der Waals surface area contributed by atoms with Crippen molar-refractivity contribution in [1.82, 2.24) is 9.88 Å². The van der Waals surface area contributed by atoms with Crippen molar-refractivity contribution >= 4 is 5.91 Å². The predicted octanol–water partition coefficient (Wildman–Crippen LogP) is 4.41. The van der Waals surface area contributed by atoms with Gasteiger partial charge in [0, 0.05) is 25.0 Å². The summed E-state index contributed by atoms with van der Waals surface area (Å²) in [5.41, 5.74) is 2.17. The average Bonchev–Trinajstić information content (AvgIpc) is 2.64. The second kappa shape index (κ2) is 9.21. The van der Waals surface area contributed by atoms with E-state index < -0.39 is 0 Å². The van der Waals surface area contributed by atoms with Crippen LogP contribution in [0.5, 0.6) is 5.75 Å². The number of benzene rings is 1. The molecule has 1 unspecified atom stereocenters. The number of nitrogens with zero attached hydrogens (tertiary/aromatic N) is 2. The van der Waals surface area contributed by atoms with Crippen LogP contribution >= 0.6 is 0 Å². The monoisotopic (exact) mass is 340 g/mol. The van der Waals surface area contributed by atoms with Gasteiger partial charge in [-0.3, -0.25) is 9.78 Å². The first kappa shape index (κ1) is 19.0. The maximum Gasteiger partial charge on any atom is 0.261 e. The number of hydrogen-bond acceptors (Lipinski definition) is 3. The molecule has 0 aliphatic rings. The molecule has 0 saturated carbocycles. The van der Waals surface area contributed by atoms with Gasteiger partial charge in [0.2, 0.25) is 0 Å². The summed E-state index contributed by atoms with van der Waals surface area (Å²) >= 11 is 0. The summed E-state index contributed by atoms with van der Waals surface area (Å²) in [4.78, 5) is 18.6. The maximum absolute atomic E-state index is 12.7. The first-order valence-electron chi connectivity index (χ1n) is 8.93. The first-order valence-corrected chi connectivity index (χ1v) is 8.93. The Morgan fingerprint density at radius 3 is 2.56 bits per heavy atom. The van der Waals surface area contributed by atoms with Crippen molar-refractivity contribution in [3.8, 4) is 5.75 Å². The molecule has 1 aromatic heterocycles. The first-order chi connectivity index (χ1) is 12.0. The van der Waals surface area contributed by atoms with Gasteiger partial charge in [-0.15, -0.1) is 0 Å². The Hall–Kier alpha value is -2.36. The molecule has 4 heteroatoms. The van der Waals surface area contributed by atoms with Crippen LogP contribution < -0.4 is 4.74 Å². The third kappa shape index (κ3) is 5.31. The molecule has 1 amide bonds. The number of rotatable bonds is 8. The molecule has 1 heterocycles. The largest absolute Gasteiger partial charge is 0.483 e. The minimum atomic E-state index is -0.0159. The van der Waals surface area contributed by atoms with Gasteiger partial charge in [-0.05, 0) is 49.4 Å². The molecule has 4 nitrogen and oxygen atoms in total. The number of hydrogen-bond donors (Lipinski definition) is 0. The fraction of sp³-hybridized carbons (Fsp3) is 0.429. The lowest BCUT2D eigenvalue weighted by Gasteiger charge is -2.27. The fourth-order valence-electron chi connectivity index (χ4n) is 2.71. The lowest BCUT2D eigenvalue weighted by Crippen LogP contribution is -2.39. The molecule has 134 valence electrons. The zero-order chi connectivity index (χ0) is 18.2. The molecular formula is C21H28N2O2. The van der Waals surface area contributed by atoms with E-state index in [1.54, 1.807) is 12.4 Å². The van der Waals surface area contributed by atoms with Crippen LogP contribution in [-0.4, -0.2) is 28.4 Å². The van der Waals surface area contributed by atoms with Crippen LogP contribution in [0.15, 0.2) is 48.8 Å². The van der Waals surface area contributed by atoms with Gasteiger partial charge in [-0.1, -0.05) is 38.1 Å². The average molecular weight is 340 g/mol. The van der Waals surface area contributed by atoms with E-state index in [4.69, 9.17) is 4.74 Å². The predicted molar refractivity (Wildman–Crippen MR) is 101 cm³/mol. The second-order valence-electron chi connectivity index (χ2n) is 6.61. The number of amides is 1. The minimum absolute atomic E-state index is 0.0159. The Kier molecular flexibility index (Phi) is 6.99. The van der Waals surface area contributed by atoms with Crippen molar-refractivity contribution in [2.75, 3.05) is 6.61 Å². The highest BCUT2D eigenvalue weighted by molar-refractivity contribution is 5.78. The highest BCUT2D eigenvalue weighted by Gasteiger charge is 2.19. The van der Waals surface area contributed by atoms with Gasteiger partial charge in [0.05, 0.1) is 0 Å². The molecule has 25 heavy (non-hydrogen) atoms. The molecule has 0 aliphatic heterocycles. The summed E-state index contributed by atoms with van der Waals surface area (Å²) in [5, 5.41) is 0. The van der Waals surface area contributed by atoms with E-state index in [-0.39, 0.29) is 18.6 Å². The normalized spacial score (nSPS) is 12.0. The highest BCUT2D eigenvalue weighted by Crippen LogP contribution is 2.28. The lowest BCUT2D eigenvalue weighted by atomic mass is 9.98. The summed E-state index contributed by atoms with van der Waals surface area (Å²) < 4.78 is 5.88. The van der Waals surface area contributed by atoms with Crippen LogP contribution in [-0.2, 0) is 11.3 Å². The van der Waals surface area contributed by atoms with E-state index in [1.807, 2.05) is 49.1 Å². The zero-order valence-electron chi connectivity index (χ0n) is 15.6. The summed E-state index contributed by atoms with van der Waals surface area (Å²) in [5.74, 6) is 1.19. The molecule has 0 fully saturated rings. The van der Waals surface area contributed by atoms with Crippen LogP contribution in [0.3, 0.4) is 0 Å². The van der Waals surface area contributed by atoms with Gasteiger partial charge in [0.1, 0.15) is 5.75 Å². The van der Waals surface area contributed by atoms with E-state index in [0.717, 1.165) is 23.3 Å². The van der Waals surface area contributed by atoms with Crippen molar-refractivity contribution in [3.05, 3.63) is 59.9 Å². The number of carbonyl (C=O) groups excluding carboxylic acids is 1. The zero-order valence-corrected chi connectivity index (χ0v) is 15.6. The van der Waals surface area contributed by atoms with E-state index in [1.165, 1.54) is 0 Å². The summed E-state index contributed by atoms with van der Waals surface area (Å²) in [7, 11) is 0. The fourth-order valence-corrected chi connectivity index (χ4v) is 2.71. The minimum Gasteiger partial charge on any atom is -0.483 e. The number of ether oxygens (including phenoxy) is 1. The van der Waals surface area contributed by atoms with Crippen LogP contribution in [0, 0.1) is 0 Å². The molecule has 0 saturated heterocycles. The van der Waals surface area contributed by atoms with Crippen LogP contribution in [0.25, 0.3) is 0 Å². The molecule has 0 N–H and O–H groups in total.